The third-order valence-corrected chi connectivity index (χ3v) is 15.3. The number of hydrogen-bond acceptors (Lipinski definition) is 2. The van der Waals surface area contributed by atoms with Crippen LogP contribution in [0.3, 0.4) is 0 Å². The molecule has 0 unspecified atom stereocenters. The second kappa shape index (κ2) is 7.85. The van der Waals surface area contributed by atoms with Crippen LogP contribution in [0, 0.1) is 0 Å². The average molecular weight is 443 g/mol. The summed E-state index contributed by atoms with van der Waals surface area (Å²) in [4.78, 5) is 0. The SMILES string of the molecule is BrP(CCC1OCCO1)(c1ccccc1)(c1ccccc1)c1ccccc1. The first-order valence-electron chi connectivity index (χ1n) is 9.35. The van der Waals surface area contributed by atoms with E-state index >= 15 is 0 Å². The van der Waals surface area contributed by atoms with Crippen molar-refractivity contribution in [2.75, 3.05) is 19.4 Å². The topological polar surface area (TPSA) is 18.5 Å². The molecule has 27 heavy (non-hydrogen) atoms. The molecule has 2 nitrogen and oxygen atoms in total. The zero-order valence-corrected chi connectivity index (χ0v) is 17.7. The van der Waals surface area contributed by atoms with Crippen molar-refractivity contribution in [3.8, 4) is 0 Å². The fourth-order valence-electron chi connectivity index (χ4n) is 3.97. The van der Waals surface area contributed by atoms with E-state index in [4.69, 9.17) is 9.47 Å². The summed E-state index contributed by atoms with van der Waals surface area (Å²) in [5.74, 6) is 0. The van der Waals surface area contributed by atoms with Gasteiger partial charge in [0.15, 0.2) is 0 Å². The predicted octanol–water partition coefficient (Wildman–Crippen LogP) is 4.59. The van der Waals surface area contributed by atoms with Crippen LogP contribution in [0.1, 0.15) is 6.42 Å². The molecule has 1 aliphatic rings. The Morgan fingerprint density at radius 1 is 0.667 bits per heavy atom. The Balaban J connectivity index is 1.93. The third-order valence-electron chi connectivity index (χ3n) is 5.36. The Hall–Kier alpha value is -1.51. The maximum atomic E-state index is 5.78. The van der Waals surface area contributed by atoms with Crippen LogP contribution in [-0.2, 0) is 9.47 Å². The summed E-state index contributed by atoms with van der Waals surface area (Å²) in [5.41, 5.74) is 0. The van der Waals surface area contributed by atoms with E-state index in [0.29, 0.717) is 13.2 Å². The Morgan fingerprint density at radius 3 is 1.41 bits per heavy atom. The van der Waals surface area contributed by atoms with E-state index < -0.39 is 5.31 Å². The molecule has 1 aliphatic heterocycles. The normalized spacial score (nSPS) is 16.7. The van der Waals surface area contributed by atoms with Gasteiger partial charge in [-0.25, -0.2) is 0 Å². The van der Waals surface area contributed by atoms with Crippen molar-refractivity contribution in [3.05, 3.63) is 91.0 Å². The van der Waals surface area contributed by atoms with Crippen molar-refractivity contribution in [2.45, 2.75) is 12.7 Å². The summed E-state index contributed by atoms with van der Waals surface area (Å²) >= 11 is 4.44. The van der Waals surface area contributed by atoms with Gasteiger partial charge in [0.1, 0.15) is 0 Å². The van der Waals surface area contributed by atoms with Crippen molar-refractivity contribution in [2.24, 2.45) is 0 Å². The van der Waals surface area contributed by atoms with Gasteiger partial charge in [-0.2, -0.15) is 0 Å². The van der Waals surface area contributed by atoms with E-state index in [-0.39, 0.29) is 6.29 Å². The van der Waals surface area contributed by atoms with Crippen molar-refractivity contribution in [1.29, 1.82) is 0 Å². The van der Waals surface area contributed by atoms with Gasteiger partial charge in [-0.05, 0) is 0 Å². The molecule has 140 valence electrons. The van der Waals surface area contributed by atoms with Crippen LogP contribution in [0.2, 0.25) is 0 Å². The Bertz CT molecular complexity index is 765. The fourth-order valence-corrected chi connectivity index (χ4v) is 11.5. The molecule has 0 spiro atoms. The van der Waals surface area contributed by atoms with Crippen LogP contribution in [-0.4, -0.2) is 25.7 Å². The monoisotopic (exact) mass is 442 g/mol. The predicted molar refractivity (Wildman–Crippen MR) is 119 cm³/mol. The zero-order valence-electron chi connectivity index (χ0n) is 15.2. The molecule has 0 bridgehead atoms. The molecule has 4 heteroatoms. The standard InChI is InChI=1S/C23H24BrO2P/c24-27(20-10-4-1-5-11-20,21-12-6-2-7-13-21,22-14-8-3-9-15-22)19-16-23-25-17-18-26-23/h1-15,23H,16-19H2. The first-order chi connectivity index (χ1) is 13.2. The minimum absolute atomic E-state index is 0.125. The van der Waals surface area contributed by atoms with Gasteiger partial charge in [-0.3, -0.25) is 0 Å². The molecular formula is C23H24BrO2P. The maximum absolute atomic E-state index is 5.78. The molecule has 1 saturated heterocycles. The molecule has 0 radical (unpaired) electrons. The molecule has 0 saturated carbocycles. The van der Waals surface area contributed by atoms with Crippen molar-refractivity contribution < 1.29 is 9.47 Å². The summed E-state index contributed by atoms with van der Waals surface area (Å²) in [5, 5.41) is 1.15. The summed E-state index contributed by atoms with van der Waals surface area (Å²) < 4.78 is 11.6. The van der Waals surface area contributed by atoms with Crippen molar-refractivity contribution in [3.63, 3.8) is 0 Å². The second-order valence-electron chi connectivity index (χ2n) is 6.87. The van der Waals surface area contributed by atoms with Crippen LogP contribution in [0.5, 0.6) is 0 Å². The van der Waals surface area contributed by atoms with Gasteiger partial charge in [0.05, 0.1) is 0 Å². The number of ether oxygens (including phenoxy) is 2. The molecular weight excluding hydrogens is 419 g/mol. The van der Waals surface area contributed by atoms with Gasteiger partial charge in [0, 0.05) is 0 Å². The van der Waals surface area contributed by atoms with Gasteiger partial charge in [0.25, 0.3) is 0 Å². The van der Waals surface area contributed by atoms with Gasteiger partial charge < -0.3 is 0 Å². The van der Waals surface area contributed by atoms with Crippen molar-refractivity contribution >= 4 is 36.7 Å². The van der Waals surface area contributed by atoms with Crippen molar-refractivity contribution in [1.82, 2.24) is 0 Å². The van der Waals surface area contributed by atoms with E-state index in [1.165, 1.54) is 15.9 Å². The molecule has 0 atom stereocenters. The van der Waals surface area contributed by atoms with Crippen LogP contribution in [0.25, 0.3) is 0 Å². The molecule has 1 heterocycles. The number of hydrogen-bond donors (Lipinski definition) is 0. The Labute approximate surface area is 169 Å². The van der Waals surface area contributed by atoms with Gasteiger partial charge in [-0.1, -0.05) is 0 Å². The van der Waals surface area contributed by atoms with Crippen LogP contribution >= 0.6 is 20.8 Å². The third kappa shape index (κ3) is 3.39. The summed E-state index contributed by atoms with van der Waals surface area (Å²) in [6.45, 7) is 1.37. The van der Waals surface area contributed by atoms with Gasteiger partial charge >= 0.3 is 169 Å². The number of halogens is 1. The van der Waals surface area contributed by atoms with Crippen LogP contribution in [0.15, 0.2) is 91.0 Å². The number of rotatable bonds is 6. The number of benzene rings is 3. The summed E-state index contributed by atoms with van der Waals surface area (Å²) in [6.07, 6.45) is 1.66. The second-order valence-corrected chi connectivity index (χ2v) is 15.9. The molecule has 3 aromatic rings. The first-order valence-corrected chi connectivity index (χ1v) is 13.8. The van der Waals surface area contributed by atoms with Gasteiger partial charge in [-0.15, -0.1) is 0 Å². The van der Waals surface area contributed by atoms with E-state index in [9.17, 15) is 0 Å². The van der Waals surface area contributed by atoms with Crippen LogP contribution < -0.4 is 15.9 Å². The first kappa shape index (κ1) is 18.8. The summed E-state index contributed by atoms with van der Waals surface area (Å²) in [6, 6.07) is 32.5. The van der Waals surface area contributed by atoms with E-state index in [0.717, 1.165) is 12.6 Å². The Morgan fingerprint density at radius 2 is 1.04 bits per heavy atom. The van der Waals surface area contributed by atoms with Crippen LogP contribution in [0.4, 0.5) is 0 Å². The van der Waals surface area contributed by atoms with E-state index in [1.807, 2.05) is 0 Å². The summed E-state index contributed by atoms with van der Waals surface area (Å²) in [7, 11) is 0. The molecule has 1 fully saturated rings. The molecule has 0 N–H and O–H groups in total. The van der Waals surface area contributed by atoms with E-state index in [1.54, 1.807) is 0 Å². The molecule has 0 aromatic heterocycles. The quantitative estimate of drug-likeness (QED) is 0.519. The molecule has 3 aromatic carbocycles. The Kier molecular flexibility index (Phi) is 5.48. The molecule has 0 amide bonds. The average Bonchev–Trinajstić information content (AvgIpc) is 3.28. The minimum atomic E-state index is -2.85. The van der Waals surface area contributed by atoms with E-state index in [2.05, 4.69) is 106 Å². The fraction of sp³-hybridized carbons (Fsp3) is 0.217. The molecule has 4 rings (SSSR count). The molecule has 0 aliphatic carbocycles. The van der Waals surface area contributed by atoms with Gasteiger partial charge in [0.2, 0.25) is 0 Å². The zero-order chi connectivity index (χ0) is 18.6.